The third-order valence-corrected chi connectivity index (χ3v) is 4.86. The maximum Gasteiger partial charge on any atom is 0.248 e. The molecule has 1 saturated heterocycles. The molecular formula is C9H15N3O3S. The van der Waals surface area contributed by atoms with Crippen molar-refractivity contribution in [2.45, 2.75) is 31.2 Å². The van der Waals surface area contributed by atoms with Crippen LogP contribution in [-0.2, 0) is 10.0 Å². The second-order valence-corrected chi connectivity index (χ2v) is 5.94. The fourth-order valence-electron chi connectivity index (χ4n) is 1.94. The molecule has 0 aliphatic carbocycles. The molecule has 2 N–H and O–H groups in total. The molecule has 1 aliphatic rings. The second kappa shape index (κ2) is 3.83. The van der Waals surface area contributed by atoms with Crippen molar-refractivity contribution >= 4 is 10.0 Å². The number of aryl methyl sites for hydroxylation is 2. The van der Waals surface area contributed by atoms with Crippen LogP contribution in [0.1, 0.15) is 17.9 Å². The second-order valence-electron chi connectivity index (χ2n) is 4.07. The molecule has 7 heteroatoms. The Morgan fingerprint density at radius 1 is 1.50 bits per heavy atom. The van der Waals surface area contributed by atoms with Crippen LogP contribution in [0.4, 0.5) is 0 Å². The Balaban J connectivity index is 2.40. The summed E-state index contributed by atoms with van der Waals surface area (Å²) in [4.78, 5) is 0.182. The molecule has 90 valence electrons. The van der Waals surface area contributed by atoms with E-state index in [1.165, 1.54) is 4.31 Å². The molecule has 1 aromatic rings. The lowest BCUT2D eigenvalue weighted by atomic mass is 10.3. The number of aromatic nitrogens is 1. The number of nitrogens with two attached hydrogens (primary N) is 1. The van der Waals surface area contributed by atoms with E-state index in [1.54, 1.807) is 13.8 Å². The van der Waals surface area contributed by atoms with Gasteiger partial charge in [0.05, 0.1) is 0 Å². The Kier molecular flexibility index (Phi) is 2.77. The normalized spacial score (nSPS) is 22.8. The Morgan fingerprint density at radius 3 is 2.62 bits per heavy atom. The maximum atomic E-state index is 12.3. The highest BCUT2D eigenvalue weighted by Gasteiger charge is 2.34. The minimum atomic E-state index is -3.49. The maximum absolute atomic E-state index is 12.3. The number of rotatable bonds is 2. The van der Waals surface area contributed by atoms with E-state index in [-0.39, 0.29) is 10.9 Å². The predicted molar refractivity (Wildman–Crippen MR) is 57.3 cm³/mol. The average Bonchev–Trinajstić information content (AvgIpc) is 2.74. The van der Waals surface area contributed by atoms with Crippen LogP contribution in [0.25, 0.3) is 0 Å². The molecule has 0 amide bonds. The van der Waals surface area contributed by atoms with E-state index in [0.29, 0.717) is 31.0 Å². The topological polar surface area (TPSA) is 89.4 Å². The average molecular weight is 245 g/mol. The fraction of sp³-hybridized carbons (Fsp3) is 0.667. The summed E-state index contributed by atoms with van der Waals surface area (Å²) in [5.74, 6) is 0.331. The van der Waals surface area contributed by atoms with E-state index < -0.39 is 10.0 Å². The van der Waals surface area contributed by atoms with E-state index in [0.717, 1.165) is 0 Å². The van der Waals surface area contributed by atoms with Crippen molar-refractivity contribution in [1.82, 2.24) is 9.46 Å². The Morgan fingerprint density at radius 2 is 2.19 bits per heavy atom. The molecule has 6 nitrogen and oxygen atoms in total. The van der Waals surface area contributed by atoms with Gasteiger partial charge in [-0.15, -0.1) is 0 Å². The summed E-state index contributed by atoms with van der Waals surface area (Å²) in [6.07, 6.45) is 0.697. The van der Waals surface area contributed by atoms with Gasteiger partial charge in [-0.3, -0.25) is 0 Å². The van der Waals surface area contributed by atoms with Crippen molar-refractivity contribution < 1.29 is 12.9 Å². The SMILES string of the molecule is Cc1noc(C)c1S(=O)(=O)N1CCC(N)C1. The van der Waals surface area contributed by atoms with E-state index in [2.05, 4.69) is 5.16 Å². The van der Waals surface area contributed by atoms with E-state index >= 15 is 0 Å². The molecule has 2 heterocycles. The highest BCUT2D eigenvalue weighted by molar-refractivity contribution is 7.89. The lowest BCUT2D eigenvalue weighted by molar-refractivity contribution is 0.389. The van der Waals surface area contributed by atoms with Crippen molar-refractivity contribution in [3.05, 3.63) is 11.5 Å². The summed E-state index contributed by atoms with van der Waals surface area (Å²) >= 11 is 0. The Hall–Kier alpha value is -0.920. The van der Waals surface area contributed by atoms with Crippen LogP contribution in [0.15, 0.2) is 9.42 Å². The predicted octanol–water partition coefficient (Wildman–Crippen LogP) is 0.0131. The number of sulfonamides is 1. The third-order valence-electron chi connectivity index (χ3n) is 2.75. The van der Waals surface area contributed by atoms with Gasteiger partial charge < -0.3 is 10.3 Å². The van der Waals surface area contributed by atoms with Gasteiger partial charge in [-0.05, 0) is 20.3 Å². The van der Waals surface area contributed by atoms with Gasteiger partial charge in [-0.25, -0.2) is 8.42 Å². The smallest absolute Gasteiger partial charge is 0.248 e. The molecule has 0 aromatic carbocycles. The van der Waals surface area contributed by atoms with Gasteiger partial charge in [0.15, 0.2) is 5.76 Å². The summed E-state index contributed by atoms with van der Waals surface area (Å²) in [7, 11) is -3.49. The third kappa shape index (κ3) is 1.74. The quantitative estimate of drug-likeness (QED) is 0.793. The standard InChI is InChI=1S/C9H15N3O3S/c1-6-9(7(2)15-11-6)16(13,14)12-4-3-8(10)5-12/h8H,3-5,10H2,1-2H3. The first kappa shape index (κ1) is 11.6. The minimum absolute atomic E-state index is 0.0738. The monoisotopic (exact) mass is 245 g/mol. The molecule has 1 atom stereocenters. The Labute approximate surface area is 94.4 Å². The summed E-state index contributed by atoms with van der Waals surface area (Å²) < 4.78 is 30.8. The molecule has 16 heavy (non-hydrogen) atoms. The first-order chi connectivity index (χ1) is 7.43. The van der Waals surface area contributed by atoms with E-state index in [4.69, 9.17) is 10.3 Å². The molecule has 1 aromatic heterocycles. The van der Waals surface area contributed by atoms with E-state index in [9.17, 15) is 8.42 Å². The number of hydrogen-bond donors (Lipinski definition) is 1. The van der Waals surface area contributed by atoms with Gasteiger partial charge in [0.1, 0.15) is 10.6 Å². The molecule has 0 radical (unpaired) electrons. The minimum Gasteiger partial charge on any atom is -0.360 e. The molecule has 1 unspecified atom stereocenters. The van der Waals surface area contributed by atoms with Gasteiger partial charge in [0, 0.05) is 19.1 Å². The molecule has 2 rings (SSSR count). The van der Waals surface area contributed by atoms with Crippen LogP contribution in [0.5, 0.6) is 0 Å². The number of nitrogens with zero attached hydrogens (tertiary/aromatic N) is 2. The van der Waals surface area contributed by atoms with Crippen molar-refractivity contribution in [1.29, 1.82) is 0 Å². The summed E-state index contributed by atoms with van der Waals surface area (Å²) in [5.41, 5.74) is 6.11. The van der Waals surface area contributed by atoms with Gasteiger partial charge in [0.2, 0.25) is 10.0 Å². The van der Waals surface area contributed by atoms with Gasteiger partial charge in [0.25, 0.3) is 0 Å². The summed E-state index contributed by atoms with van der Waals surface area (Å²) in [6, 6.07) is -0.0738. The van der Waals surface area contributed by atoms with Crippen LogP contribution in [0, 0.1) is 13.8 Å². The van der Waals surface area contributed by atoms with Gasteiger partial charge >= 0.3 is 0 Å². The fourth-order valence-corrected chi connectivity index (χ4v) is 3.75. The Bertz CT molecular complexity index is 475. The van der Waals surface area contributed by atoms with Crippen LogP contribution in [0.3, 0.4) is 0 Å². The number of hydrogen-bond acceptors (Lipinski definition) is 5. The van der Waals surface area contributed by atoms with Gasteiger partial charge in [-0.2, -0.15) is 4.31 Å². The van der Waals surface area contributed by atoms with Crippen LogP contribution in [-0.4, -0.2) is 37.0 Å². The van der Waals surface area contributed by atoms with Crippen molar-refractivity contribution in [2.75, 3.05) is 13.1 Å². The zero-order chi connectivity index (χ0) is 11.9. The first-order valence-electron chi connectivity index (χ1n) is 5.11. The molecule has 0 saturated carbocycles. The van der Waals surface area contributed by atoms with Crippen LogP contribution in [0.2, 0.25) is 0 Å². The van der Waals surface area contributed by atoms with Crippen LogP contribution >= 0.6 is 0 Å². The molecule has 1 fully saturated rings. The molecule has 0 bridgehead atoms. The summed E-state index contributed by atoms with van der Waals surface area (Å²) in [5, 5.41) is 3.66. The molecule has 0 spiro atoms. The zero-order valence-corrected chi connectivity index (χ0v) is 10.1. The van der Waals surface area contributed by atoms with E-state index in [1.807, 2.05) is 0 Å². The zero-order valence-electron chi connectivity index (χ0n) is 9.30. The van der Waals surface area contributed by atoms with Crippen molar-refractivity contribution in [2.24, 2.45) is 5.73 Å². The largest absolute Gasteiger partial charge is 0.360 e. The highest BCUT2D eigenvalue weighted by atomic mass is 32.2. The molecule has 1 aliphatic heterocycles. The van der Waals surface area contributed by atoms with Crippen molar-refractivity contribution in [3.8, 4) is 0 Å². The van der Waals surface area contributed by atoms with Gasteiger partial charge in [-0.1, -0.05) is 5.16 Å². The summed E-state index contributed by atoms with van der Waals surface area (Å²) in [6.45, 7) is 4.06. The van der Waals surface area contributed by atoms with Crippen molar-refractivity contribution in [3.63, 3.8) is 0 Å². The first-order valence-corrected chi connectivity index (χ1v) is 6.55. The highest BCUT2D eigenvalue weighted by Crippen LogP contribution is 2.25. The molecular weight excluding hydrogens is 230 g/mol. The lowest BCUT2D eigenvalue weighted by Crippen LogP contribution is -2.32. The van der Waals surface area contributed by atoms with Crippen LogP contribution < -0.4 is 5.73 Å². The lowest BCUT2D eigenvalue weighted by Gasteiger charge is -2.15.